The number of aliphatic hydroxyl groups is 1. The van der Waals surface area contributed by atoms with E-state index >= 15 is 0 Å². The number of anilines is 1. The maximum atomic E-state index is 9.34. The van der Waals surface area contributed by atoms with Gasteiger partial charge in [-0.05, 0) is 44.4 Å². The Morgan fingerprint density at radius 2 is 2.22 bits per heavy atom. The Morgan fingerprint density at radius 1 is 1.44 bits per heavy atom. The summed E-state index contributed by atoms with van der Waals surface area (Å²) in [6, 6.07) is 8.95. The Labute approximate surface area is 110 Å². The van der Waals surface area contributed by atoms with E-state index < -0.39 is 0 Å². The van der Waals surface area contributed by atoms with Crippen molar-refractivity contribution < 1.29 is 5.11 Å². The zero-order valence-electron chi connectivity index (χ0n) is 11.4. The van der Waals surface area contributed by atoms with Crippen LogP contribution in [0.15, 0.2) is 24.3 Å². The van der Waals surface area contributed by atoms with Crippen LogP contribution >= 0.6 is 0 Å². The van der Waals surface area contributed by atoms with Gasteiger partial charge in [0.15, 0.2) is 0 Å². The van der Waals surface area contributed by atoms with Crippen LogP contribution in [0.1, 0.15) is 31.4 Å². The number of hydrogen-bond acceptors (Lipinski definition) is 3. The summed E-state index contributed by atoms with van der Waals surface area (Å²) >= 11 is 0. The summed E-state index contributed by atoms with van der Waals surface area (Å²) in [4.78, 5) is 2.42. The van der Waals surface area contributed by atoms with Crippen LogP contribution in [0.5, 0.6) is 0 Å². The first-order valence-electron chi connectivity index (χ1n) is 6.88. The summed E-state index contributed by atoms with van der Waals surface area (Å²) in [7, 11) is 1.99. The van der Waals surface area contributed by atoms with Gasteiger partial charge in [-0.15, -0.1) is 0 Å². The van der Waals surface area contributed by atoms with Crippen molar-refractivity contribution in [3.63, 3.8) is 0 Å². The minimum Gasteiger partial charge on any atom is -0.396 e. The largest absolute Gasteiger partial charge is 0.396 e. The maximum Gasteiger partial charge on any atom is 0.0476 e. The SMILES string of the molecule is CNC(C)c1ccccc1N1CCCC(CO)C1. The van der Waals surface area contributed by atoms with Gasteiger partial charge in [0.2, 0.25) is 0 Å². The Hall–Kier alpha value is -1.06. The molecule has 1 aliphatic rings. The quantitative estimate of drug-likeness (QED) is 0.857. The van der Waals surface area contributed by atoms with Gasteiger partial charge in [0, 0.05) is 31.4 Å². The fraction of sp³-hybridized carbons (Fsp3) is 0.600. The fourth-order valence-corrected chi connectivity index (χ4v) is 2.73. The maximum absolute atomic E-state index is 9.34. The molecule has 100 valence electrons. The molecule has 1 aromatic carbocycles. The van der Waals surface area contributed by atoms with Crippen molar-refractivity contribution in [2.45, 2.75) is 25.8 Å². The van der Waals surface area contributed by atoms with Crippen molar-refractivity contribution in [3.8, 4) is 0 Å². The third-order valence-corrected chi connectivity index (χ3v) is 3.95. The summed E-state index contributed by atoms with van der Waals surface area (Å²) in [5.74, 6) is 0.427. The molecular weight excluding hydrogens is 224 g/mol. The average molecular weight is 248 g/mol. The van der Waals surface area contributed by atoms with Gasteiger partial charge in [-0.1, -0.05) is 18.2 Å². The van der Waals surface area contributed by atoms with Crippen LogP contribution in [0, 0.1) is 5.92 Å². The van der Waals surface area contributed by atoms with Crippen LogP contribution in [0.4, 0.5) is 5.69 Å². The molecule has 2 atom stereocenters. The lowest BCUT2D eigenvalue weighted by atomic mass is 9.96. The van der Waals surface area contributed by atoms with Crippen molar-refractivity contribution in [3.05, 3.63) is 29.8 Å². The molecule has 0 amide bonds. The van der Waals surface area contributed by atoms with Crippen molar-refractivity contribution in [1.82, 2.24) is 5.32 Å². The van der Waals surface area contributed by atoms with E-state index in [0.717, 1.165) is 19.5 Å². The number of piperidine rings is 1. The van der Waals surface area contributed by atoms with E-state index in [1.165, 1.54) is 17.7 Å². The average Bonchev–Trinajstić information content (AvgIpc) is 2.46. The highest BCUT2D eigenvalue weighted by Gasteiger charge is 2.21. The van der Waals surface area contributed by atoms with Crippen LogP contribution in [0.25, 0.3) is 0 Å². The normalized spacial score (nSPS) is 21.9. The van der Waals surface area contributed by atoms with E-state index in [9.17, 15) is 5.11 Å². The molecule has 0 radical (unpaired) electrons. The lowest BCUT2D eigenvalue weighted by Crippen LogP contribution is -2.37. The molecule has 0 aliphatic carbocycles. The molecule has 0 bridgehead atoms. The van der Waals surface area contributed by atoms with Gasteiger partial charge >= 0.3 is 0 Å². The van der Waals surface area contributed by atoms with E-state index in [0.29, 0.717) is 18.6 Å². The molecule has 0 spiro atoms. The summed E-state index contributed by atoms with van der Waals surface area (Å²) in [6.45, 7) is 4.57. The second-order valence-electron chi connectivity index (χ2n) is 5.21. The first-order chi connectivity index (χ1) is 8.76. The van der Waals surface area contributed by atoms with Crippen LogP contribution in [-0.2, 0) is 0 Å². The molecule has 3 nitrogen and oxygen atoms in total. The molecule has 2 rings (SSSR count). The zero-order valence-corrected chi connectivity index (χ0v) is 11.4. The highest BCUT2D eigenvalue weighted by Crippen LogP contribution is 2.29. The van der Waals surface area contributed by atoms with Crippen LogP contribution < -0.4 is 10.2 Å². The van der Waals surface area contributed by atoms with E-state index in [2.05, 4.69) is 41.4 Å². The highest BCUT2D eigenvalue weighted by molar-refractivity contribution is 5.55. The van der Waals surface area contributed by atoms with E-state index in [1.807, 2.05) is 7.05 Å². The number of nitrogens with zero attached hydrogens (tertiary/aromatic N) is 1. The molecule has 1 saturated heterocycles. The minimum absolute atomic E-state index is 0.306. The molecule has 2 unspecified atom stereocenters. The Balaban J connectivity index is 2.21. The fourth-order valence-electron chi connectivity index (χ4n) is 2.73. The van der Waals surface area contributed by atoms with Crippen molar-refractivity contribution >= 4 is 5.69 Å². The van der Waals surface area contributed by atoms with Crippen molar-refractivity contribution in [2.24, 2.45) is 5.92 Å². The molecule has 0 aromatic heterocycles. The Kier molecular flexibility index (Phi) is 4.61. The third-order valence-electron chi connectivity index (χ3n) is 3.95. The first-order valence-corrected chi connectivity index (χ1v) is 6.88. The molecule has 18 heavy (non-hydrogen) atoms. The summed E-state index contributed by atoms with van der Waals surface area (Å²) in [6.07, 6.45) is 2.32. The lowest BCUT2D eigenvalue weighted by Gasteiger charge is -2.35. The van der Waals surface area contributed by atoms with Gasteiger partial charge < -0.3 is 15.3 Å². The molecule has 3 heteroatoms. The third kappa shape index (κ3) is 2.85. The minimum atomic E-state index is 0.306. The molecule has 1 heterocycles. The van der Waals surface area contributed by atoms with Gasteiger partial charge in [-0.3, -0.25) is 0 Å². The second kappa shape index (κ2) is 6.21. The van der Waals surface area contributed by atoms with Crippen molar-refractivity contribution in [2.75, 3.05) is 31.6 Å². The van der Waals surface area contributed by atoms with Crippen LogP contribution in [0.3, 0.4) is 0 Å². The Bertz CT molecular complexity index is 381. The van der Waals surface area contributed by atoms with E-state index in [4.69, 9.17) is 0 Å². The van der Waals surface area contributed by atoms with E-state index in [-0.39, 0.29) is 0 Å². The van der Waals surface area contributed by atoms with Gasteiger partial charge in [0.1, 0.15) is 0 Å². The van der Waals surface area contributed by atoms with Gasteiger partial charge in [0.25, 0.3) is 0 Å². The van der Waals surface area contributed by atoms with Crippen LogP contribution in [0.2, 0.25) is 0 Å². The Morgan fingerprint density at radius 3 is 2.94 bits per heavy atom. The first kappa shape index (κ1) is 13.4. The molecule has 2 N–H and O–H groups in total. The number of aliphatic hydroxyl groups excluding tert-OH is 1. The smallest absolute Gasteiger partial charge is 0.0476 e. The van der Waals surface area contributed by atoms with Crippen molar-refractivity contribution in [1.29, 1.82) is 0 Å². The monoisotopic (exact) mass is 248 g/mol. The summed E-state index contributed by atoms with van der Waals surface area (Å²) in [5.41, 5.74) is 2.66. The summed E-state index contributed by atoms with van der Waals surface area (Å²) < 4.78 is 0. The molecule has 1 aromatic rings. The predicted molar refractivity (Wildman–Crippen MR) is 75.9 cm³/mol. The predicted octanol–water partition coefficient (Wildman–Crippen LogP) is 2.18. The van der Waals surface area contributed by atoms with Gasteiger partial charge in [0.05, 0.1) is 0 Å². The lowest BCUT2D eigenvalue weighted by molar-refractivity contribution is 0.208. The molecule has 1 aliphatic heterocycles. The number of para-hydroxylation sites is 1. The van der Waals surface area contributed by atoms with Gasteiger partial charge in [-0.25, -0.2) is 0 Å². The van der Waals surface area contributed by atoms with E-state index in [1.54, 1.807) is 0 Å². The zero-order chi connectivity index (χ0) is 13.0. The topological polar surface area (TPSA) is 35.5 Å². The summed E-state index contributed by atoms with van der Waals surface area (Å²) in [5, 5.41) is 12.7. The highest BCUT2D eigenvalue weighted by atomic mass is 16.3. The standard InChI is InChI=1S/C15H24N2O/c1-12(16-2)14-7-3-4-8-15(14)17-9-5-6-13(10-17)11-18/h3-4,7-8,12-13,16,18H,5-6,9-11H2,1-2H3. The number of hydrogen-bond donors (Lipinski definition) is 2. The number of rotatable bonds is 4. The number of benzene rings is 1. The van der Waals surface area contributed by atoms with Crippen LogP contribution in [-0.4, -0.2) is 31.9 Å². The second-order valence-corrected chi connectivity index (χ2v) is 5.21. The molecular formula is C15H24N2O. The number of nitrogens with one attached hydrogen (secondary N) is 1. The molecule has 0 saturated carbocycles. The molecule has 1 fully saturated rings. The van der Waals surface area contributed by atoms with Gasteiger partial charge in [-0.2, -0.15) is 0 Å².